The quantitative estimate of drug-likeness (QED) is 0.480. The summed E-state index contributed by atoms with van der Waals surface area (Å²) in [6, 6.07) is 11.0. The molecule has 0 spiro atoms. The Labute approximate surface area is 167 Å². The molecule has 0 fully saturated rings. The van der Waals surface area contributed by atoms with Gasteiger partial charge in [-0.2, -0.15) is 5.10 Å². The second-order valence-electron chi connectivity index (χ2n) is 6.85. The number of benzene rings is 1. The van der Waals surface area contributed by atoms with Crippen LogP contribution in [0.4, 0.5) is 11.4 Å². The number of rotatable bonds is 5. The Morgan fingerprint density at radius 2 is 1.97 bits per heavy atom. The van der Waals surface area contributed by atoms with Crippen LogP contribution in [0.1, 0.15) is 24.3 Å². The number of hydrogen-bond donors (Lipinski definition) is 3. The number of anilines is 2. The van der Waals surface area contributed by atoms with Gasteiger partial charge in [0.1, 0.15) is 0 Å². The van der Waals surface area contributed by atoms with Gasteiger partial charge in [-0.3, -0.25) is 14.9 Å². The first kappa shape index (κ1) is 18.4. The Morgan fingerprint density at radius 1 is 1.10 bits per heavy atom. The van der Waals surface area contributed by atoms with Crippen molar-refractivity contribution in [2.45, 2.75) is 20.0 Å². The third-order valence-electron chi connectivity index (χ3n) is 4.22. The van der Waals surface area contributed by atoms with Gasteiger partial charge in [0.15, 0.2) is 5.69 Å². The Bertz CT molecular complexity index is 1170. The standard InChI is InChI=1S/C21H20N6O2/c1-12(2)29-19-6-4-16(11-24-19)25-21(28)20-17-8-13(3-5-18(17)26-27-20)14-7-15(22)10-23-9-14/h3-12H,22H2,1-2H3,(H,25,28)(H,26,27). The van der Waals surface area contributed by atoms with Crippen LogP contribution in [0, 0.1) is 0 Å². The summed E-state index contributed by atoms with van der Waals surface area (Å²) in [6.07, 6.45) is 4.89. The van der Waals surface area contributed by atoms with Crippen molar-refractivity contribution >= 4 is 28.2 Å². The summed E-state index contributed by atoms with van der Waals surface area (Å²) >= 11 is 0. The molecule has 4 aromatic rings. The third-order valence-corrected chi connectivity index (χ3v) is 4.22. The van der Waals surface area contributed by atoms with E-state index in [1.54, 1.807) is 30.7 Å². The first-order valence-corrected chi connectivity index (χ1v) is 9.12. The molecule has 1 amide bonds. The van der Waals surface area contributed by atoms with Crippen molar-refractivity contribution in [3.63, 3.8) is 0 Å². The number of fused-ring (bicyclic) bond motifs is 1. The van der Waals surface area contributed by atoms with Crippen LogP contribution in [0.25, 0.3) is 22.0 Å². The predicted octanol–water partition coefficient (Wildman–Crippen LogP) is 3.64. The Hall–Kier alpha value is -3.94. The van der Waals surface area contributed by atoms with Gasteiger partial charge < -0.3 is 15.8 Å². The molecule has 0 bridgehead atoms. The molecule has 0 atom stereocenters. The summed E-state index contributed by atoms with van der Waals surface area (Å²) in [5, 5.41) is 10.6. The smallest absolute Gasteiger partial charge is 0.276 e. The van der Waals surface area contributed by atoms with Crippen molar-refractivity contribution in [1.82, 2.24) is 20.2 Å². The molecule has 3 heterocycles. The van der Waals surface area contributed by atoms with Gasteiger partial charge >= 0.3 is 0 Å². The van der Waals surface area contributed by atoms with Crippen LogP contribution in [0.5, 0.6) is 5.88 Å². The number of nitrogen functional groups attached to an aromatic ring is 1. The minimum Gasteiger partial charge on any atom is -0.475 e. The molecule has 29 heavy (non-hydrogen) atoms. The number of carbonyl (C=O) groups is 1. The van der Waals surface area contributed by atoms with Crippen molar-refractivity contribution in [3.8, 4) is 17.0 Å². The van der Waals surface area contributed by atoms with E-state index in [9.17, 15) is 4.79 Å². The summed E-state index contributed by atoms with van der Waals surface area (Å²) in [7, 11) is 0. The molecule has 4 N–H and O–H groups in total. The lowest BCUT2D eigenvalue weighted by Crippen LogP contribution is -2.13. The highest BCUT2D eigenvalue weighted by atomic mass is 16.5. The van der Waals surface area contributed by atoms with Gasteiger partial charge in [-0.05, 0) is 43.7 Å². The number of nitrogens with two attached hydrogens (primary N) is 1. The van der Waals surface area contributed by atoms with Crippen LogP contribution in [0.2, 0.25) is 0 Å². The summed E-state index contributed by atoms with van der Waals surface area (Å²) in [4.78, 5) is 21.1. The average molecular weight is 388 g/mol. The maximum atomic E-state index is 12.8. The molecule has 8 nitrogen and oxygen atoms in total. The fraction of sp³-hybridized carbons (Fsp3) is 0.143. The lowest BCUT2D eigenvalue weighted by Gasteiger charge is -2.09. The number of pyridine rings is 2. The fourth-order valence-corrected chi connectivity index (χ4v) is 2.94. The monoisotopic (exact) mass is 388 g/mol. The minimum atomic E-state index is -0.335. The Kier molecular flexibility index (Phi) is 4.82. The molecule has 3 aromatic heterocycles. The number of ether oxygens (including phenoxy) is 1. The predicted molar refractivity (Wildman–Crippen MR) is 112 cm³/mol. The van der Waals surface area contributed by atoms with Crippen LogP contribution < -0.4 is 15.8 Å². The molecule has 0 saturated heterocycles. The van der Waals surface area contributed by atoms with Crippen molar-refractivity contribution < 1.29 is 9.53 Å². The molecule has 0 aliphatic rings. The van der Waals surface area contributed by atoms with Gasteiger partial charge in [0.05, 0.1) is 29.2 Å². The van der Waals surface area contributed by atoms with Crippen LogP contribution in [0.3, 0.4) is 0 Å². The highest BCUT2D eigenvalue weighted by molar-refractivity contribution is 6.11. The van der Waals surface area contributed by atoms with E-state index in [1.807, 2.05) is 38.1 Å². The van der Waals surface area contributed by atoms with E-state index in [-0.39, 0.29) is 12.0 Å². The molecular formula is C21H20N6O2. The Morgan fingerprint density at radius 3 is 2.69 bits per heavy atom. The number of carbonyl (C=O) groups excluding carboxylic acids is 1. The van der Waals surface area contributed by atoms with Crippen LogP contribution >= 0.6 is 0 Å². The molecule has 0 aliphatic carbocycles. The van der Waals surface area contributed by atoms with E-state index in [0.717, 1.165) is 16.6 Å². The number of H-pyrrole nitrogens is 1. The van der Waals surface area contributed by atoms with Gasteiger partial charge in [0, 0.05) is 29.4 Å². The van der Waals surface area contributed by atoms with Crippen molar-refractivity contribution in [2.75, 3.05) is 11.1 Å². The average Bonchev–Trinajstić information content (AvgIpc) is 3.12. The molecule has 0 unspecified atom stereocenters. The zero-order valence-electron chi connectivity index (χ0n) is 16.0. The molecule has 4 rings (SSSR count). The maximum absolute atomic E-state index is 12.8. The molecule has 146 valence electrons. The van der Waals surface area contributed by atoms with E-state index >= 15 is 0 Å². The first-order valence-electron chi connectivity index (χ1n) is 9.12. The van der Waals surface area contributed by atoms with Crippen molar-refractivity contribution in [2.24, 2.45) is 0 Å². The second kappa shape index (κ2) is 7.59. The lowest BCUT2D eigenvalue weighted by atomic mass is 10.0. The summed E-state index contributed by atoms with van der Waals surface area (Å²) in [5.41, 5.74) is 9.77. The number of nitrogens with zero attached hydrogens (tertiary/aromatic N) is 3. The van der Waals surface area contributed by atoms with E-state index in [0.29, 0.717) is 28.3 Å². The van der Waals surface area contributed by atoms with Gasteiger partial charge in [-0.1, -0.05) is 6.07 Å². The molecular weight excluding hydrogens is 368 g/mol. The molecule has 1 aromatic carbocycles. The number of aromatic nitrogens is 4. The minimum absolute atomic E-state index is 0.0303. The highest BCUT2D eigenvalue weighted by Crippen LogP contribution is 2.26. The SMILES string of the molecule is CC(C)Oc1ccc(NC(=O)c2n[nH]c3ccc(-c4cncc(N)c4)cc23)cn1. The summed E-state index contributed by atoms with van der Waals surface area (Å²) in [6.45, 7) is 3.85. The fourth-order valence-electron chi connectivity index (χ4n) is 2.94. The van der Waals surface area contributed by atoms with Crippen molar-refractivity contribution in [1.29, 1.82) is 0 Å². The summed E-state index contributed by atoms with van der Waals surface area (Å²) in [5.74, 6) is 0.169. The van der Waals surface area contributed by atoms with Gasteiger partial charge in [-0.25, -0.2) is 4.98 Å². The topological polar surface area (TPSA) is 119 Å². The van der Waals surface area contributed by atoms with Gasteiger partial charge in [0.25, 0.3) is 5.91 Å². The van der Waals surface area contributed by atoms with Gasteiger partial charge in [-0.15, -0.1) is 0 Å². The number of nitrogens with one attached hydrogen (secondary N) is 2. The second-order valence-corrected chi connectivity index (χ2v) is 6.85. The highest BCUT2D eigenvalue weighted by Gasteiger charge is 2.16. The van der Waals surface area contributed by atoms with E-state index in [1.165, 1.54) is 0 Å². The molecule has 8 heteroatoms. The molecule has 0 saturated carbocycles. The van der Waals surface area contributed by atoms with E-state index in [2.05, 4.69) is 25.5 Å². The summed E-state index contributed by atoms with van der Waals surface area (Å²) < 4.78 is 5.51. The van der Waals surface area contributed by atoms with Crippen LogP contribution in [-0.2, 0) is 0 Å². The third kappa shape index (κ3) is 4.01. The zero-order valence-corrected chi connectivity index (χ0v) is 16.0. The lowest BCUT2D eigenvalue weighted by molar-refractivity contribution is 0.102. The maximum Gasteiger partial charge on any atom is 0.276 e. The Balaban J connectivity index is 1.60. The first-order chi connectivity index (χ1) is 14.0. The normalized spacial score (nSPS) is 11.0. The number of amides is 1. The van der Waals surface area contributed by atoms with Gasteiger partial charge in [0.2, 0.25) is 5.88 Å². The van der Waals surface area contributed by atoms with E-state index < -0.39 is 0 Å². The van der Waals surface area contributed by atoms with Crippen LogP contribution in [-0.4, -0.2) is 32.2 Å². The number of aromatic amines is 1. The number of hydrogen-bond acceptors (Lipinski definition) is 6. The largest absolute Gasteiger partial charge is 0.475 e. The molecule has 0 radical (unpaired) electrons. The van der Waals surface area contributed by atoms with E-state index in [4.69, 9.17) is 10.5 Å². The zero-order chi connectivity index (χ0) is 20.4. The molecule has 0 aliphatic heterocycles. The van der Waals surface area contributed by atoms with Crippen LogP contribution in [0.15, 0.2) is 55.0 Å². The van der Waals surface area contributed by atoms with Crippen molar-refractivity contribution in [3.05, 3.63) is 60.7 Å².